The van der Waals surface area contributed by atoms with Crippen molar-refractivity contribution in [2.75, 3.05) is 38.3 Å². The Kier molecular flexibility index (Phi) is 10.2. The fraction of sp³-hybridized carbons (Fsp3) is 0.476. The Morgan fingerprint density at radius 1 is 1.19 bits per heavy atom. The maximum absolute atomic E-state index is 12.9. The van der Waals surface area contributed by atoms with Crippen molar-refractivity contribution in [3.63, 3.8) is 0 Å². The Bertz CT molecular complexity index is 891. The van der Waals surface area contributed by atoms with Gasteiger partial charge in [0.25, 0.3) is 0 Å². The van der Waals surface area contributed by atoms with Crippen LogP contribution in [-0.4, -0.2) is 65.0 Å². The lowest BCUT2D eigenvalue weighted by molar-refractivity contribution is -0.129. The van der Waals surface area contributed by atoms with Gasteiger partial charge in [-0.3, -0.25) is 9.59 Å². The van der Waals surface area contributed by atoms with Gasteiger partial charge in [-0.05, 0) is 58.6 Å². The van der Waals surface area contributed by atoms with Crippen molar-refractivity contribution in [3.8, 4) is 0 Å². The van der Waals surface area contributed by atoms with E-state index in [9.17, 15) is 9.59 Å². The van der Waals surface area contributed by atoms with Crippen LogP contribution in [0.2, 0.25) is 10.0 Å². The topological polar surface area (TPSA) is 78.7 Å². The molecule has 1 unspecified atom stereocenters. The number of carbonyl (C=O) groups is 2. The lowest BCUT2D eigenvalue weighted by Crippen LogP contribution is -2.35. The average molecular weight is 487 g/mol. The first kappa shape index (κ1) is 25.5. The van der Waals surface area contributed by atoms with Crippen molar-refractivity contribution in [1.29, 1.82) is 0 Å². The summed E-state index contributed by atoms with van der Waals surface area (Å²) in [5.41, 5.74) is 0.907. The number of anilines is 1. The fourth-order valence-corrected chi connectivity index (χ4v) is 3.85. The predicted molar refractivity (Wildman–Crippen MR) is 127 cm³/mol. The molecule has 10 heteroatoms. The van der Waals surface area contributed by atoms with Gasteiger partial charge < -0.3 is 19.6 Å². The number of benzene rings is 1. The molecule has 0 radical (unpaired) electrons. The lowest BCUT2D eigenvalue weighted by Gasteiger charge is -2.24. The van der Waals surface area contributed by atoms with E-state index in [1.807, 2.05) is 20.2 Å². The first-order valence-electron chi connectivity index (χ1n) is 9.88. The van der Waals surface area contributed by atoms with Crippen LogP contribution in [0.3, 0.4) is 0 Å². The van der Waals surface area contributed by atoms with Gasteiger partial charge >= 0.3 is 0 Å². The first-order chi connectivity index (χ1) is 14.7. The molecule has 2 amide bonds. The number of hydrogen-bond donors (Lipinski definition) is 1. The summed E-state index contributed by atoms with van der Waals surface area (Å²) in [6.07, 6.45) is 0.840. The van der Waals surface area contributed by atoms with Crippen LogP contribution in [0.4, 0.5) is 5.82 Å². The maximum atomic E-state index is 12.9. The van der Waals surface area contributed by atoms with Gasteiger partial charge in [0.1, 0.15) is 5.76 Å². The van der Waals surface area contributed by atoms with Crippen molar-refractivity contribution in [2.24, 2.45) is 0 Å². The molecule has 1 aromatic heterocycles. The van der Waals surface area contributed by atoms with E-state index in [4.69, 9.17) is 27.7 Å². The quantitative estimate of drug-likeness (QED) is 0.509. The molecule has 0 spiro atoms. The van der Waals surface area contributed by atoms with Gasteiger partial charge in [0, 0.05) is 19.2 Å². The zero-order chi connectivity index (χ0) is 23.0. The van der Waals surface area contributed by atoms with Crippen molar-refractivity contribution in [1.82, 2.24) is 15.0 Å². The average Bonchev–Trinajstić information content (AvgIpc) is 3.12. The van der Waals surface area contributed by atoms with Crippen LogP contribution in [0.25, 0.3) is 0 Å². The second-order valence-electron chi connectivity index (χ2n) is 7.49. The third-order valence-electron chi connectivity index (χ3n) is 4.45. The second-order valence-corrected chi connectivity index (χ2v) is 9.63. The highest BCUT2D eigenvalue weighted by Gasteiger charge is 2.20. The van der Waals surface area contributed by atoms with Crippen molar-refractivity contribution in [2.45, 2.75) is 32.1 Å². The monoisotopic (exact) mass is 486 g/mol. The maximum Gasteiger partial charge on any atom is 0.238 e. The van der Waals surface area contributed by atoms with Crippen LogP contribution in [0.5, 0.6) is 0 Å². The minimum atomic E-state index is -0.422. The molecule has 0 saturated heterocycles. The van der Waals surface area contributed by atoms with E-state index in [1.54, 1.807) is 36.9 Å². The number of rotatable bonds is 11. The van der Waals surface area contributed by atoms with E-state index in [-0.39, 0.29) is 17.6 Å². The van der Waals surface area contributed by atoms with Gasteiger partial charge in [-0.25, -0.2) is 0 Å². The number of hydrogen-bond acceptors (Lipinski definition) is 6. The van der Waals surface area contributed by atoms with Gasteiger partial charge in [-0.1, -0.05) is 34.4 Å². The zero-order valence-corrected chi connectivity index (χ0v) is 20.5. The Labute approximate surface area is 197 Å². The van der Waals surface area contributed by atoms with Gasteiger partial charge in [-0.15, -0.1) is 11.8 Å². The third kappa shape index (κ3) is 8.73. The number of carbonyl (C=O) groups excluding carboxylic acids is 2. The zero-order valence-electron chi connectivity index (χ0n) is 18.2. The molecule has 1 N–H and O–H groups in total. The highest BCUT2D eigenvalue weighted by molar-refractivity contribution is 8.01. The number of aryl methyl sites for hydroxylation is 1. The Balaban J connectivity index is 1.94. The number of thioether (sulfide) groups is 1. The van der Waals surface area contributed by atoms with Crippen LogP contribution in [0.15, 0.2) is 28.8 Å². The predicted octanol–water partition coefficient (Wildman–Crippen LogP) is 4.33. The van der Waals surface area contributed by atoms with Crippen LogP contribution in [0, 0.1) is 6.92 Å². The highest BCUT2D eigenvalue weighted by atomic mass is 35.5. The van der Waals surface area contributed by atoms with E-state index in [0.29, 0.717) is 34.7 Å². The molecular formula is C21H28Cl2N4O3S. The molecule has 0 aliphatic rings. The van der Waals surface area contributed by atoms with E-state index >= 15 is 0 Å². The summed E-state index contributed by atoms with van der Waals surface area (Å²) >= 11 is 13.4. The van der Waals surface area contributed by atoms with E-state index < -0.39 is 5.25 Å². The summed E-state index contributed by atoms with van der Waals surface area (Å²) in [5.74, 6) is 0.907. The molecule has 1 aromatic carbocycles. The summed E-state index contributed by atoms with van der Waals surface area (Å²) in [5, 5.41) is 6.96. The second kappa shape index (κ2) is 12.3. The number of aromatic nitrogens is 1. The Morgan fingerprint density at radius 2 is 1.94 bits per heavy atom. The molecule has 31 heavy (non-hydrogen) atoms. The minimum absolute atomic E-state index is 0.0354. The van der Waals surface area contributed by atoms with Gasteiger partial charge in [-0.2, -0.15) is 0 Å². The molecule has 0 aliphatic heterocycles. The molecule has 0 bridgehead atoms. The molecule has 1 atom stereocenters. The summed E-state index contributed by atoms with van der Waals surface area (Å²) in [6.45, 7) is 5.42. The normalized spacial score (nSPS) is 12.1. The largest absolute Gasteiger partial charge is 0.360 e. The smallest absolute Gasteiger partial charge is 0.238 e. The van der Waals surface area contributed by atoms with Gasteiger partial charge in [0.2, 0.25) is 11.8 Å². The van der Waals surface area contributed by atoms with E-state index in [0.717, 1.165) is 18.5 Å². The van der Waals surface area contributed by atoms with Crippen LogP contribution in [0.1, 0.15) is 24.7 Å². The van der Waals surface area contributed by atoms with Crippen molar-refractivity contribution >= 4 is 52.6 Å². The molecule has 2 rings (SSSR count). The van der Waals surface area contributed by atoms with Crippen LogP contribution < -0.4 is 5.32 Å². The van der Waals surface area contributed by atoms with Crippen LogP contribution >= 0.6 is 35.0 Å². The molecule has 170 valence electrons. The van der Waals surface area contributed by atoms with Gasteiger partial charge in [0.15, 0.2) is 5.82 Å². The fourth-order valence-electron chi connectivity index (χ4n) is 2.74. The summed E-state index contributed by atoms with van der Waals surface area (Å²) in [4.78, 5) is 29.1. The minimum Gasteiger partial charge on any atom is -0.360 e. The molecule has 0 aliphatic carbocycles. The molecule has 0 fully saturated rings. The Morgan fingerprint density at radius 3 is 2.55 bits per heavy atom. The molecule has 1 heterocycles. The summed E-state index contributed by atoms with van der Waals surface area (Å²) in [6, 6.07) is 7.02. The Hall–Kier alpha value is -1.74. The number of amides is 2. The molecule has 7 nitrogen and oxygen atoms in total. The summed E-state index contributed by atoms with van der Waals surface area (Å²) < 4.78 is 4.95. The van der Waals surface area contributed by atoms with Crippen molar-refractivity contribution in [3.05, 3.63) is 45.6 Å². The standard InChI is InChI=1S/C21H28Cl2N4O3S/c1-14-10-19(25-30-14)24-21(29)15(2)31-13-20(28)27(9-5-8-26(3)4)12-16-6-7-17(22)18(23)11-16/h6-7,10-11,15H,5,8-9,12-13H2,1-4H3,(H,24,25,29). The molecule has 0 saturated carbocycles. The number of nitrogens with one attached hydrogen (secondary N) is 1. The SMILES string of the molecule is Cc1cc(NC(=O)C(C)SCC(=O)N(CCCN(C)C)Cc2ccc(Cl)c(Cl)c2)no1. The van der Waals surface area contributed by atoms with E-state index in [1.165, 1.54) is 11.8 Å². The van der Waals surface area contributed by atoms with Gasteiger partial charge in [0.05, 0.1) is 21.0 Å². The highest BCUT2D eigenvalue weighted by Crippen LogP contribution is 2.24. The third-order valence-corrected chi connectivity index (χ3v) is 6.32. The number of halogens is 2. The van der Waals surface area contributed by atoms with Crippen molar-refractivity contribution < 1.29 is 14.1 Å². The number of nitrogens with zero attached hydrogens (tertiary/aromatic N) is 3. The van der Waals surface area contributed by atoms with Crippen LogP contribution in [-0.2, 0) is 16.1 Å². The molecule has 2 aromatic rings. The summed E-state index contributed by atoms with van der Waals surface area (Å²) in [7, 11) is 4.00. The van der Waals surface area contributed by atoms with E-state index in [2.05, 4.69) is 15.4 Å². The first-order valence-corrected chi connectivity index (χ1v) is 11.7. The lowest BCUT2D eigenvalue weighted by atomic mass is 10.2. The molecular weight excluding hydrogens is 459 g/mol.